The number of H-pyrrole nitrogens is 2. The van der Waals surface area contributed by atoms with Gasteiger partial charge in [-0.2, -0.15) is 5.10 Å². The topological polar surface area (TPSA) is 113 Å². The minimum absolute atomic E-state index is 0.0615. The van der Waals surface area contributed by atoms with E-state index in [4.69, 9.17) is 0 Å². The van der Waals surface area contributed by atoms with Crippen LogP contribution in [0.2, 0.25) is 0 Å². The van der Waals surface area contributed by atoms with Crippen molar-refractivity contribution < 1.29 is 4.79 Å². The fourth-order valence-electron chi connectivity index (χ4n) is 3.44. The zero-order valence-corrected chi connectivity index (χ0v) is 15.5. The summed E-state index contributed by atoms with van der Waals surface area (Å²) in [5.41, 5.74) is 0.903. The third-order valence-electron chi connectivity index (χ3n) is 5.18. The number of aromatic amines is 2. The number of hydrogen-bond donors (Lipinski definition) is 3. The predicted octanol–water partition coefficient (Wildman–Crippen LogP) is 1.45. The number of nitrogens with one attached hydrogen (secondary N) is 3. The van der Waals surface area contributed by atoms with Crippen molar-refractivity contribution in [2.75, 3.05) is 6.54 Å². The second-order valence-electron chi connectivity index (χ2n) is 7.38. The van der Waals surface area contributed by atoms with Gasteiger partial charge in [0.25, 0.3) is 11.5 Å². The highest BCUT2D eigenvalue weighted by Crippen LogP contribution is 2.46. The zero-order chi connectivity index (χ0) is 19.7. The van der Waals surface area contributed by atoms with E-state index in [0.717, 1.165) is 19.4 Å². The van der Waals surface area contributed by atoms with Crippen LogP contribution in [-0.4, -0.2) is 32.2 Å². The number of amides is 1. The van der Waals surface area contributed by atoms with E-state index in [0.29, 0.717) is 28.9 Å². The largest absolute Gasteiger partial charge is 0.351 e. The number of benzene rings is 1. The summed E-state index contributed by atoms with van der Waals surface area (Å²) in [4.78, 5) is 41.0. The first-order chi connectivity index (χ1) is 13.5. The molecule has 8 nitrogen and oxygen atoms in total. The first-order valence-electron chi connectivity index (χ1n) is 9.15. The third kappa shape index (κ3) is 3.66. The van der Waals surface area contributed by atoms with E-state index in [2.05, 4.69) is 20.4 Å². The molecule has 144 valence electrons. The summed E-state index contributed by atoms with van der Waals surface area (Å²) < 4.78 is 1.89. The Morgan fingerprint density at radius 2 is 2.07 bits per heavy atom. The monoisotopic (exact) mass is 379 g/mol. The molecule has 1 saturated carbocycles. The van der Waals surface area contributed by atoms with Crippen LogP contribution in [0.15, 0.2) is 52.3 Å². The maximum absolute atomic E-state index is 12.7. The second kappa shape index (κ2) is 6.95. The summed E-state index contributed by atoms with van der Waals surface area (Å²) in [6, 6.07) is 8.73. The van der Waals surface area contributed by atoms with Gasteiger partial charge in [0.2, 0.25) is 0 Å². The average molecular weight is 379 g/mol. The summed E-state index contributed by atoms with van der Waals surface area (Å²) in [6.45, 7) is 3.02. The summed E-state index contributed by atoms with van der Waals surface area (Å²) in [7, 11) is 0. The molecule has 1 amide bonds. The van der Waals surface area contributed by atoms with Crippen LogP contribution < -0.4 is 16.6 Å². The third-order valence-corrected chi connectivity index (χ3v) is 5.18. The number of rotatable bonds is 6. The van der Waals surface area contributed by atoms with Crippen LogP contribution in [0.4, 0.5) is 0 Å². The molecule has 0 spiro atoms. The minimum Gasteiger partial charge on any atom is -0.351 e. The Kier molecular flexibility index (Phi) is 4.46. The lowest BCUT2D eigenvalue weighted by molar-refractivity contribution is 0.0942. The van der Waals surface area contributed by atoms with E-state index in [1.807, 2.05) is 16.9 Å². The van der Waals surface area contributed by atoms with Crippen molar-refractivity contribution in [3.05, 3.63) is 74.8 Å². The molecule has 0 unspecified atom stereocenters. The number of hydrogen-bond acceptors (Lipinski definition) is 4. The van der Waals surface area contributed by atoms with E-state index in [1.165, 1.54) is 0 Å². The Balaban J connectivity index is 1.50. The molecule has 3 aromatic rings. The molecule has 3 N–H and O–H groups in total. The Morgan fingerprint density at radius 1 is 1.25 bits per heavy atom. The van der Waals surface area contributed by atoms with Gasteiger partial charge in [-0.1, -0.05) is 12.1 Å². The normalized spacial score (nSPS) is 14.6. The van der Waals surface area contributed by atoms with Crippen LogP contribution in [0, 0.1) is 12.3 Å². The predicted molar refractivity (Wildman–Crippen MR) is 104 cm³/mol. The fourth-order valence-corrected chi connectivity index (χ4v) is 3.44. The molecular weight excluding hydrogens is 358 g/mol. The van der Waals surface area contributed by atoms with Gasteiger partial charge >= 0.3 is 5.69 Å². The lowest BCUT2D eigenvalue weighted by Crippen LogP contribution is -2.32. The molecular formula is C20H21N5O3. The number of aromatic nitrogens is 4. The number of aryl methyl sites for hydroxylation is 1. The maximum Gasteiger partial charge on any atom is 0.325 e. The van der Waals surface area contributed by atoms with Gasteiger partial charge in [0, 0.05) is 42.2 Å². The van der Waals surface area contributed by atoms with E-state index >= 15 is 0 Å². The smallest absolute Gasteiger partial charge is 0.325 e. The molecule has 2 aromatic heterocycles. The number of carbonyl (C=O) groups excluding carboxylic acids is 1. The molecule has 1 aromatic carbocycles. The molecule has 1 aliphatic carbocycles. The lowest BCUT2D eigenvalue weighted by Gasteiger charge is -2.16. The molecule has 0 saturated heterocycles. The highest BCUT2D eigenvalue weighted by Gasteiger charge is 2.43. The van der Waals surface area contributed by atoms with Crippen LogP contribution >= 0.6 is 0 Å². The summed E-state index contributed by atoms with van der Waals surface area (Å²) >= 11 is 0. The molecule has 0 aliphatic heterocycles. The highest BCUT2D eigenvalue weighted by molar-refractivity contribution is 5.95. The van der Waals surface area contributed by atoms with Crippen molar-refractivity contribution in [1.82, 2.24) is 25.1 Å². The van der Waals surface area contributed by atoms with Crippen LogP contribution in [0.5, 0.6) is 0 Å². The average Bonchev–Trinajstić information content (AvgIpc) is 3.22. The summed E-state index contributed by atoms with van der Waals surface area (Å²) in [5.74, 6) is -0.188. The SMILES string of the molecule is Cc1[nH]c(=O)[nH]c(=O)c1-c1cccc(C(=O)NCC2(Cn3cccn3)CC2)c1. The van der Waals surface area contributed by atoms with Crippen molar-refractivity contribution >= 4 is 5.91 Å². The summed E-state index contributed by atoms with van der Waals surface area (Å²) in [5, 5.41) is 7.25. The first kappa shape index (κ1) is 18.0. The van der Waals surface area contributed by atoms with E-state index in [1.54, 1.807) is 37.4 Å². The van der Waals surface area contributed by atoms with Gasteiger partial charge < -0.3 is 10.3 Å². The van der Waals surface area contributed by atoms with E-state index in [9.17, 15) is 14.4 Å². The zero-order valence-electron chi connectivity index (χ0n) is 15.5. The van der Waals surface area contributed by atoms with Gasteiger partial charge in [0.1, 0.15) is 0 Å². The molecule has 4 rings (SSSR count). The van der Waals surface area contributed by atoms with Crippen molar-refractivity contribution in [3.8, 4) is 11.1 Å². The van der Waals surface area contributed by atoms with Gasteiger partial charge in [-0.25, -0.2) is 4.79 Å². The Morgan fingerprint density at radius 3 is 2.75 bits per heavy atom. The van der Waals surface area contributed by atoms with Crippen molar-refractivity contribution in [2.24, 2.45) is 5.41 Å². The molecule has 0 bridgehead atoms. The van der Waals surface area contributed by atoms with Crippen molar-refractivity contribution in [3.63, 3.8) is 0 Å². The van der Waals surface area contributed by atoms with Crippen LogP contribution in [-0.2, 0) is 6.54 Å². The lowest BCUT2D eigenvalue weighted by atomic mass is 10.0. The molecule has 2 heterocycles. The van der Waals surface area contributed by atoms with Gasteiger partial charge in [-0.15, -0.1) is 0 Å². The quantitative estimate of drug-likeness (QED) is 0.601. The van der Waals surface area contributed by atoms with Gasteiger partial charge in [0.15, 0.2) is 0 Å². The van der Waals surface area contributed by atoms with Gasteiger partial charge in [0.05, 0.1) is 5.56 Å². The number of carbonyl (C=O) groups is 1. The Labute approximate surface area is 160 Å². The highest BCUT2D eigenvalue weighted by atomic mass is 16.2. The Bertz CT molecular complexity index is 1120. The summed E-state index contributed by atoms with van der Waals surface area (Å²) in [6.07, 6.45) is 5.79. The number of nitrogens with zero attached hydrogens (tertiary/aromatic N) is 2. The second-order valence-corrected chi connectivity index (χ2v) is 7.38. The molecule has 28 heavy (non-hydrogen) atoms. The van der Waals surface area contributed by atoms with Gasteiger partial charge in [-0.05, 0) is 43.5 Å². The Hall–Kier alpha value is -3.42. The molecule has 1 fully saturated rings. The molecule has 0 atom stereocenters. The molecule has 8 heteroatoms. The maximum atomic E-state index is 12.7. The van der Waals surface area contributed by atoms with Crippen LogP contribution in [0.25, 0.3) is 11.1 Å². The fraction of sp³-hybridized carbons (Fsp3) is 0.300. The van der Waals surface area contributed by atoms with Crippen molar-refractivity contribution in [1.29, 1.82) is 0 Å². The van der Waals surface area contributed by atoms with Crippen molar-refractivity contribution in [2.45, 2.75) is 26.3 Å². The minimum atomic E-state index is -0.549. The van der Waals surface area contributed by atoms with E-state index in [-0.39, 0.29) is 11.3 Å². The van der Waals surface area contributed by atoms with E-state index < -0.39 is 11.2 Å². The first-order valence-corrected chi connectivity index (χ1v) is 9.15. The van der Waals surface area contributed by atoms with Gasteiger partial charge in [-0.3, -0.25) is 19.3 Å². The van der Waals surface area contributed by atoms with Crippen LogP contribution in [0.1, 0.15) is 28.9 Å². The molecule has 0 radical (unpaired) electrons. The molecule has 1 aliphatic rings. The van der Waals surface area contributed by atoms with Crippen LogP contribution in [0.3, 0.4) is 0 Å². The standard InChI is InChI=1S/C20H21N5O3/c1-13-16(18(27)24-19(28)23-13)14-4-2-5-15(10-14)17(26)21-11-20(6-7-20)12-25-9-3-8-22-25/h2-5,8-10H,6-7,11-12H2,1H3,(H,21,26)(H2,23,24,27,28).